The lowest BCUT2D eigenvalue weighted by atomic mass is 10.2. The molecule has 0 radical (unpaired) electrons. The van der Waals surface area contributed by atoms with E-state index in [4.69, 9.17) is 5.73 Å². The van der Waals surface area contributed by atoms with Crippen LogP contribution in [-0.2, 0) is 4.79 Å². The molecule has 0 saturated heterocycles. The van der Waals surface area contributed by atoms with E-state index in [1.807, 2.05) is 5.32 Å². The third-order valence-electron chi connectivity index (χ3n) is 2.13. The third kappa shape index (κ3) is 3.18. The minimum atomic E-state index is -0.812. The summed E-state index contributed by atoms with van der Waals surface area (Å²) < 4.78 is 0. The molecule has 1 aliphatic carbocycles. The standard InChI is InChI=1S/C9H15N3O2/c1-6(8(13)12-9(10)14)11-7-4-2-3-5-7/h2-3,6-7,11H,4-5H2,1H3,(H3,10,12,13,14). The summed E-state index contributed by atoms with van der Waals surface area (Å²) in [5.74, 6) is -0.385. The SMILES string of the molecule is CC(NC1CC=CC1)C(=O)NC(N)=O. The van der Waals surface area contributed by atoms with Crippen LogP contribution in [0.5, 0.6) is 0 Å². The second kappa shape index (κ2) is 4.76. The van der Waals surface area contributed by atoms with E-state index in [-0.39, 0.29) is 5.91 Å². The second-order valence-electron chi connectivity index (χ2n) is 3.38. The number of rotatable bonds is 3. The molecule has 1 atom stereocenters. The first-order valence-electron chi connectivity index (χ1n) is 4.61. The van der Waals surface area contributed by atoms with Crippen molar-refractivity contribution in [2.24, 2.45) is 5.73 Å². The van der Waals surface area contributed by atoms with Gasteiger partial charge in [0.05, 0.1) is 6.04 Å². The van der Waals surface area contributed by atoms with Gasteiger partial charge in [-0.05, 0) is 19.8 Å². The minimum absolute atomic E-state index is 0.295. The molecule has 0 heterocycles. The largest absolute Gasteiger partial charge is 0.351 e. The van der Waals surface area contributed by atoms with Crippen molar-refractivity contribution < 1.29 is 9.59 Å². The molecule has 1 unspecified atom stereocenters. The van der Waals surface area contributed by atoms with E-state index in [1.165, 1.54) is 0 Å². The first-order chi connectivity index (χ1) is 6.59. The summed E-state index contributed by atoms with van der Waals surface area (Å²) in [5, 5.41) is 5.14. The number of carbonyl (C=O) groups is 2. The smallest absolute Gasteiger partial charge is 0.318 e. The molecule has 5 heteroatoms. The molecule has 4 N–H and O–H groups in total. The van der Waals surface area contributed by atoms with Crippen LogP contribution in [0.15, 0.2) is 12.2 Å². The zero-order chi connectivity index (χ0) is 10.6. The fourth-order valence-electron chi connectivity index (χ4n) is 1.41. The molecule has 0 aromatic heterocycles. The first kappa shape index (κ1) is 10.7. The van der Waals surface area contributed by atoms with Crippen LogP contribution in [0.1, 0.15) is 19.8 Å². The molecule has 1 rings (SSSR count). The highest BCUT2D eigenvalue weighted by molar-refractivity contribution is 5.96. The highest BCUT2D eigenvalue weighted by atomic mass is 16.2. The molecular formula is C9H15N3O2. The van der Waals surface area contributed by atoms with E-state index in [1.54, 1.807) is 6.92 Å². The number of amides is 3. The van der Waals surface area contributed by atoms with Crippen molar-refractivity contribution in [1.82, 2.24) is 10.6 Å². The Morgan fingerprint density at radius 1 is 1.43 bits per heavy atom. The normalized spacial score (nSPS) is 18.1. The highest BCUT2D eigenvalue weighted by Crippen LogP contribution is 2.09. The van der Waals surface area contributed by atoms with Gasteiger partial charge in [-0.2, -0.15) is 0 Å². The maximum atomic E-state index is 11.2. The summed E-state index contributed by atoms with van der Waals surface area (Å²) in [6.45, 7) is 1.70. The predicted octanol–water partition coefficient (Wildman–Crippen LogP) is -0.122. The lowest BCUT2D eigenvalue weighted by Gasteiger charge is -2.17. The molecule has 14 heavy (non-hydrogen) atoms. The molecule has 0 bridgehead atoms. The number of hydrogen-bond donors (Lipinski definition) is 3. The van der Waals surface area contributed by atoms with Gasteiger partial charge in [-0.3, -0.25) is 10.1 Å². The van der Waals surface area contributed by atoms with E-state index in [2.05, 4.69) is 17.5 Å². The quantitative estimate of drug-likeness (QED) is 0.551. The molecule has 0 spiro atoms. The number of nitrogens with two attached hydrogens (primary N) is 1. The van der Waals surface area contributed by atoms with Gasteiger partial charge in [0.1, 0.15) is 0 Å². The summed E-state index contributed by atoms with van der Waals surface area (Å²) in [6.07, 6.45) is 5.98. The maximum absolute atomic E-state index is 11.2. The average molecular weight is 197 g/mol. The molecular weight excluding hydrogens is 182 g/mol. The van der Waals surface area contributed by atoms with E-state index in [0.717, 1.165) is 12.8 Å². The topological polar surface area (TPSA) is 84.2 Å². The average Bonchev–Trinajstić information content (AvgIpc) is 2.55. The number of hydrogen-bond acceptors (Lipinski definition) is 3. The van der Waals surface area contributed by atoms with E-state index in [0.29, 0.717) is 6.04 Å². The van der Waals surface area contributed by atoms with Gasteiger partial charge < -0.3 is 11.1 Å². The van der Waals surface area contributed by atoms with Gasteiger partial charge in [0.2, 0.25) is 5.91 Å². The van der Waals surface area contributed by atoms with Crippen molar-refractivity contribution in [1.29, 1.82) is 0 Å². The second-order valence-corrected chi connectivity index (χ2v) is 3.38. The maximum Gasteiger partial charge on any atom is 0.318 e. The number of nitrogens with one attached hydrogen (secondary N) is 2. The summed E-state index contributed by atoms with van der Waals surface area (Å²) in [5.41, 5.74) is 4.83. The molecule has 0 aromatic rings. The van der Waals surface area contributed by atoms with Crippen molar-refractivity contribution >= 4 is 11.9 Å². The first-order valence-corrected chi connectivity index (χ1v) is 4.61. The van der Waals surface area contributed by atoms with Gasteiger partial charge >= 0.3 is 6.03 Å². The third-order valence-corrected chi connectivity index (χ3v) is 2.13. The van der Waals surface area contributed by atoms with Crippen molar-refractivity contribution in [2.75, 3.05) is 0 Å². The molecule has 5 nitrogen and oxygen atoms in total. The summed E-state index contributed by atoms with van der Waals surface area (Å²) >= 11 is 0. The number of primary amides is 1. The lowest BCUT2D eigenvalue weighted by Crippen LogP contribution is -2.48. The fourth-order valence-corrected chi connectivity index (χ4v) is 1.41. The summed E-state index contributed by atoms with van der Waals surface area (Å²) in [6, 6.07) is -0.913. The van der Waals surface area contributed by atoms with Gasteiger partial charge in [-0.1, -0.05) is 12.2 Å². The van der Waals surface area contributed by atoms with Gasteiger partial charge in [0.25, 0.3) is 0 Å². The Hall–Kier alpha value is -1.36. The van der Waals surface area contributed by atoms with Crippen LogP contribution in [0.25, 0.3) is 0 Å². The monoisotopic (exact) mass is 197 g/mol. The molecule has 0 aliphatic heterocycles. The van der Waals surface area contributed by atoms with Crippen molar-refractivity contribution in [3.05, 3.63) is 12.2 Å². The number of urea groups is 1. The zero-order valence-electron chi connectivity index (χ0n) is 8.12. The Morgan fingerprint density at radius 3 is 2.50 bits per heavy atom. The van der Waals surface area contributed by atoms with Gasteiger partial charge in [-0.25, -0.2) is 4.79 Å². The highest BCUT2D eigenvalue weighted by Gasteiger charge is 2.18. The Labute approximate surface area is 82.7 Å². The number of carbonyl (C=O) groups excluding carboxylic acids is 2. The van der Waals surface area contributed by atoms with Gasteiger partial charge in [-0.15, -0.1) is 0 Å². The lowest BCUT2D eigenvalue weighted by molar-refractivity contribution is -0.121. The van der Waals surface area contributed by atoms with Crippen LogP contribution < -0.4 is 16.4 Å². The number of imide groups is 1. The van der Waals surface area contributed by atoms with Crippen LogP contribution in [0.4, 0.5) is 4.79 Å². The van der Waals surface area contributed by atoms with Crippen LogP contribution in [0, 0.1) is 0 Å². The Kier molecular flexibility index (Phi) is 3.64. The van der Waals surface area contributed by atoms with Crippen LogP contribution >= 0.6 is 0 Å². The van der Waals surface area contributed by atoms with E-state index >= 15 is 0 Å². The Bertz CT molecular complexity index is 255. The van der Waals surface area contributed by atoms with Crippen molar-refractivity contribution in [3.8, 4) is 0 Å². The Morgan fingerprint density at radius 2 is 2.00 bits per heavy atom. The van der Waals surface area contributed by atoms with Crippen LogP contribution in [-0.4, -0.2) is 24.0 Å². The van der Waals surface area contributed by atoms with E-state index in [9.17, 15) is 9.59 Å². The molecule has 0 fully saturated rings. The molecule has 0 aromatic carbocycles. The van der Waals surface area contributed by atoms with Crippen molar-refractivity contribution in [3.63, 3.8) is 0 Å². The van der Waals surface area contributed by atoms with Gasteiger partial charge in [0.15, 0.2) is 0 Å². The Balaban J connectivity index is 2.29. The molecule has 3 amide bonds. The minimum Gasteiger partial charge on any atom is -0.351 e. The molecule has 78 valence electrons. The zero-order valence-corrected chi connectivity index (χ0v) is 8.12. The summed E-state index contributed by atoms with van der Waals surface area (Å²) in [7, 11) is 0. The van der Waals surface area contributed by atoms with Crippen LogP contribution in [0.2, 0.25) is 0 Å². The van der Waals surface area contributed by atoms with Crippen molar-refractivity contribution in [2.45, 2.75) is 31.8 Å². The predicted molar refractivity (Wildman–Crippen MR) is 52.5 cm³/mol. The van der Waals surface area contributed by atoms with E-state index < -0.39 is 12.1 Å². The molecule has 1 aliphatic rings. The van der Waals surface area contributed by atoms with Crippen LogP contribution in [0.3, 0.4) is 0 Å². The van der Waals surface area contributed by atoms with Gasteiger partial charge in [0, 0.05) is 6.04 Å². The summed E-state index contributed by atoms with van der Waals surface area (Å²) in [4.78, 5) is 21.6. The molecule has 0 saturated carbocycles. The fraction of sp³-hybridized carbons (Fsp3) is 0.556.